The second kappa shape index (κ2) is 46.3. The molecule has 0 spiro atoms. The number of methoxy groups -OCH3 is 1. The number of rotatable bonds is 8. The first-order chi connectivity index (χ1) is 34.7. The van der Waals surface area contributed by atoms with E-state index in [1.165, 1.54) is 76.5 Å². The van der Waals surface area contributed by atoms with E-state index in [0.29, 0.717) is 41.3 Å². The van der Waals surface area contributed by atoms with Crippen LogP contribution in [0.3, 0.4) is 0 Å². The molecule has 10 heteroatoms. The molecule has 4 heterocycles. The first-order valence-corrected chi connectivity index (χ1v) is 25.6. The molecule has 0 bridgehead atoms. The zero-order chi connectivity index (χ0) is 56.1. The van der Waals surface area contributed by atoms with Crippen LogP contribution in [0.5, 0.6) is 5.75 Å². The maximum absolute atomic E-state index is 13.1. The van der Waals surface area contributed by atoms with Crippen molar-refractivity contribution >= 4 is 0 Å². The first-order valence-electron chi connectivity index (χ1n) is 25.6. The van der Waals surface area contributed by atoms with Crippen LogP contribution >= 0.6 is 0 Å². The maximum Gasteiger partial charge on any atom is 0.433 e. The molecule has 5 nitrogen and oxygen atoms in total. The molecular formula is C71H113F5N4O. The highest BCUT2D eigenvalue weighted by molar-refractivity contribution is 5.31. The highest BCUT2D eigenvalue weighted by atomic mass is 19.4. The molecule has 458 valence electrons. The van der Waals surface area contributed by atoms with E-state index in [-0.39, 0.29) is 69.5 Å². The van der Waals surface area contributed by atoms with Gasteiger partial charge in [0.1, 0.15) is 11.5 Å². The van der Waals surface area contributed by atoms with Crippen molar-refractivity contribution in [3.8, 4) is 5.75 Å². The third-order valence-electron chi connectivity index (χ3n) is 11.4. The number of alkyl halides is 3. The second-order valence-electron chi connectivity index (χ2n) is 20.2. The van der Waals surface area contributed by atoms with Crippen LogP contribution in [0.1, 0.15) is 252 Å². The number of ether oxygens (including phenoxy) is 1. The van der Waals surface area contributed by atoms with E-state index < -0.39 is 11.9 Å². The maximum atomic E-state index is 13.1. The second-order valence-corrected chi connectivity index (χ2v) is 20.2. The van der Waals surface area contributed by atoms with Crippen molar-refractivity contribution in [2.45, 2.75) is 217 Å². The number of aryl methyl sites for hydroxylation is 3. The van der Waals surface area contributed by atoms with E-state index in [9.17, 15) is 22.0 Å². The lowest BCUT2D eigenvalue weighted by atomic mass is 10.0. The molecule has 4 aromatic heterocycles. The van der Waals surface area contributed by atoms with Crippen LogP contribution in [0.4, 0.5) is 22.0 Å². The fourth-order valence-electron chi connectivity index (χ4n) is 6.19. The van der Waals surface area contributed by atoms with Crippen LogP contribution in [0.2, 0.25) is 0 Å². The van der Waals surface area contributed by atoms with E-state index in [4.69, 9.17) is 4.74 Å². The molecule has 0 saturated carbocycles. The summed E-state index contributed by atoms with van der Waals surface area (Å²) in [5.74, 6) is 3.33. The van der Waals surface area contributed by atoms with E-state index in [0.717, 1.165) is 22.9 Å². The summed E-state index contributed by atoms with van der Waals surface area (Å²) < 4.78 is 66.4. The first kappa shape index (κ1) is 88.5. The standard InChI is InChI=1S/C10H13FO.C10H14.C9H10F3N.C9H11F.2C9H13N.C8H11N.7CH4/c1-7(2)8-4-5-10(12-3)9(11)6-8;1-8(2)10-6-4-9(3)5-7-10;1-6(2)7-3-4-8(13-5-7)9(10,11)12;1-7(2)8-3-5-9(10)6-4-8;1-7(2)9-4-8(3)5-10-6-9;1-7(2)9-5-4-8(3)10-6-9;1-7(2)8-4-3-5-9-6-8;;;;;;;/h4-7H,1-3H3;4-8H,1-3H3;3-6H,1-2H3;3-7H,1-2H3;2*4-7H,1-3H3;3-7H,1-2H3;7*1H4. The highest BCUT2D eigenvalue weighted by Crippen LogP contribution is 2.28. The zero-order valence-corrected chi connectivity index (χ0v) is 47.5. The summed E-state index contributed by atoms with van der Waals surface area (Å²) in [6, 6.07) is 33.3. The quantitative estimate of drug-likeness (QED) is 0.142. The molecule has 0 aliphatic carbocycles. The van der Waals surface area contributed by atoms with Crippen molar-refractivity contribution < 1.29 is 26.7 Å². The predicted molar refractivity (Wildman–Crippen MR) is 348 cm³/mol. The number of halogens is 5. The molecule has 3 aromatic carbocycles. The molecule has 0 saturated heterocycles. The van der Waals surface area contributed by atoms with E-state index in [1.54, 1.807) is 12.3 Å². The Morgan fingerprint density at radius 3 is 1.10 bits per heavy atom. The smallest absolute Gasteiger partial charge is 0.433 e. The molecule has 81 heavy (non-hydrogen) atoms. The van der Waals surface area contributed by atoms with Crippen molar-refractivity contribution in [1.82, 2.24) is 19.9 Å². The van der Waals surface area contributed by atoms with Gasteiger partial charge in [-0.2, -0.15) is 13.2 Å². The molecule has 0 unspecified atom stereocenters. The Bertz CT molecular complexity index is 2420. The lowest BCUT2D eigenvalue weighted by molar-refractivity contribution is -0.141. The van der Waals surface area contributed by atoms with Gasteiger partial charge in [0.25, 0.3) is 0 Å². The normalized spacial score (nSPS) is 9.75. The molecular weight excluding hydrogens is 1020 g/mol. The lowest BCUT2D eigenvalue weighted by Crippen LogP contribution is -2.07. The van der Waals surface area contributed by atoms with Crippen molar-refractivity contribution in [3.63, 3.8) is 0 Å². The zero-order valence-electron chi connectivity index (χ0n) is 47.5. The van der Waals surface area contributed by atoms with Crippen LogP contribution in [0.25, 0.3) is 0 Å². The molecule has 0 aliphatic heterocycles. The van der Waals surface area contributed by atoms with Gasteiger partial charge in [-0.25, -0.2) is 8.78 Å². The third-order valence-corrected chi connectivity index (χ3v) is 11.4. The van der Waals surface area contributed by atoms with Crippen molar-refractivity contribution in [1.29, 1.82) is 0 Å². The van der Waals surface area contributed by atoms with Crippen molar-refractivity contribution in [2.24, 2.45) is 0 Å². The number of pyridine rings is 4. The number of nitrogens with zero attached hydrogens (tertiary/aromatic N) is 4. The number of hydrogen-bond donors (Lipinski definition) is 0. The van der Waals surface area contributed by atoms with E-state index in [2.05, 4.69) is 152 Å². The monoisotopic (exact) mass is 1130 g/mol. The van der Waals surface area contributed by atoms with Gasteiger partial charge in [0, 0.05) is 42.9 Å². The topological polar surface area (TPSA) is 60.8 Å². The molecule has 0 aliphatic rings. The van der Waals surface area contributed by atoms with Crippen LogP contribution in [0.15, 0.2) is 146 Å². The van der Waals surface area contributed by atoms with Crippen LogP contribution in [-0.2, 0) is 6.18 Å². The number of aromatic nitrogens is 4. The summed E-state index contributed by atoms with van der Waals surface area (Å²) in [6.07, 6.45) is 6.39. The Morgan fingerprint density at radius 2 is 0.778 bits per heavy atom. The van der Waals surface area contributed by atoms with Gasteiger partial charge in [-0.1, -0.05) is 221 Å². The van der Waals surface area contributed by atoms with Crippen LogP contribution in [0, 0.1) is 32.4 Å². The predicted octanol–water partition coefficient (Wildman–Crippen LogP) is 23.9. The Kier molecular flexibility index (Phi) is 50.6. The minimum atomic E-state index is -4.34. The van der Waals surface area contributed by atoms with Gasteiger partial charge in [-0.15, -0.1) is 0 Å². The van der Waals surface area contributed by atoms with E-state index >= 15 is 0 Å². The Balaban J connectivity index is -0.000000156. The van der Waals surface area contributed by atoms with Gasteiger partial charge in [-0.05, 0) is 149 Å². The Hall–Kier alpha value is -6.29. The summed E-state index contributed by atoms with van der Waals surface area (Å²) in [5.41, 5.74) is 11.2. The largest absolute Gasteiger partial charge is 0.494 e. The summed E-state index contributed by atoms with van der Waals surface area (Å²) in [5, 5.41) is 0. The molecule has 0 N–H and O–H groups in total. The molecule has 0 radical (unpaired) electrons. The van der Waals surface area contributed by atoms with Gasteiger partial charge in [0.15, 0.2) is 11.6 Å². The minimum Gasteiger partial charge on any atom is -0.494 e. The van der Waals surface area contributed by atoms with Gasteiger partial charge in [0.05, 0.1) is 7.11 Å². The molecule has 0 atom stereocenters. The fraction of sp³-hybridized carbons (Fsp3) is 0.465. The van der Waals surface area contributed by atoms with Crippen molar-refractivity contribution in [2.75, 3.05) is 7.11 Å². The Labute approximate surface area is 494 Å². The summed E-state index contributed by atoms with van der Waals surface area (Å²) in [7, 11) is 1.47. The van der Waals surface area contributed by atoms with Crippen LogP contribution < -0.4 is 4.74 Å². The molecule has 0 fully saturated rings. The fourth-order valence-corrected chi connectivity index (χ4v) is 6.19. The average Bonchev–Trinajstić information content (AvgIpc) is 3.35. The van der Waals surface area contributed by atoms with Gasteiger partial charge in [0.2, 0.25) is 0 Å². The van der Waals surface area contributed by atoms with Gasteiger partial charge in [-0.3, -0.25) is 19.9 Å². The van der Waals surface area contributed by atoms with Gasteiger partial charge >= 0.3 is 6.18 Å². The average molecular weight is 1130 g/mol. The number of benzene rings is 3. The van der Waals surface area contributed by atoms with Crippen LogP contribution in [-0.4, -0.2) is 27.0 Å². The molecule has 7 aromatic rings. The minimum absolute atomic E-state index is 0. The Morgan fingerprint density at radius 1 is 0.383 bits per heavy atom. The lowest BCUT2D eigenvalue weighted by Gasteiger charge is -2.07. The van der Waals surface area contributed by atoms with Crippen molar-refractivity contribution in [3.05, 3.63) is 219 Å². The van der Waals surface area contributed by atoms with E-state index in [1.807, 2.05) is 83.7 Å². The highest BCUT2D eigenvalue weighted by Gasteiger charge is 2.32. The SMILES string of the molecule is C.C.C.C.C.C.C.CC(C)c1ccc(C(F)(F)F)nc1.CC(C)c1ccc(F)cc1.CC(C)c1cccnc1.COc1ccc(C(C)C)cc1F.Cc1ccc(C(C)C)cc1.Cc1ccc(C(C)C)cn1.Cc1cncc(C(C)C)c1. The molecule has 7 rings (SSSR count). The molecule has 0 amide bonds. The summed E-state index contributed by atoms with van der Waals surface area (Å²) in [4.78, 5) is 15.7. The summed E-state index contributed by atoms with van der Waals surface area (Å²) in [6.45, 7) is 35.7. The van der Waals surface area contributed by atoms with Gasteiger partial charge < -0.3 is 4.74 Å². The third kappa shape index (κ3) is 37.4. The summed E-state index contributed by atoms with van der Waals surface area (Å²) >= 11 is 0. The number of hydrogen-bond acceptors (Lipinski definition) is 5.